The zero-order chi connectivity index (χ0) is 14.7. The number of rotatable bonds is 4. The molecule has 3 rings (SSSR count). The van der Waals surface area contributed by atoms with E-state index < -0.39 is 0 Å². The van der Waals surface area contributed by atoms with E-state index in [2.05, 4.69) is 10.3 Å². The number of nitrogens with zero attached hydrogens (tertiary/aromatic N) is 1. The second-order valence-electron chi connectivity index (χ2n) is 4.19. The summed E-state index contributed by atoms with van der Waals surface area (Å²) in [7, 11) is 0. The van der Waals surface area contributed by atoms with Crippen LogP contribution in [0, 0.1) is 0 Å². The third-order valence-corrected chi connectivity index (χ3v) is 5.55. The van der Waals surface area contributed by atoms with Gasteiger partial charge in [0.05, 0.1) is 11.1 Å². The number of aromatic nitrogens is 1. The smallest absolute Gasteiger partial charge is 0.267 e. The zero-order valence-electron chi connectivity index (χ0n) is 11.2. The molecule has 0 aliphatic carbocycles. The van der Waals surface area contributed by atoms with Crippen LogP contribution in [0.4, 0.5) is 5.69 Å². The van der Waals surface area contributed by atoms with Gasteiger partial charge in [-0.3, -0.25) is 4.79 Å². The summed E-state index contributed by atoms with van der Waals surface area (Å²) < 4.78 is 0. The highest BCUT2D eigenvalue weighted by atomic mass is 32.2. The summed E-state index contributed by atoms with van der Waals surface area (Å²) in [5.41, 5.74) is 0.804. The van der Waals surface area contributed by atoms with Gasteiger partial charge in [-0.1, -0.05) is 12.1 Å². The molecule has 0 aliphatic heterocycles. The van der Waals surface area contributed by atoms with E-state index in [1.807, 2.05) is 48.0 Å². The highest BCUT2D eigenvalue weighted by Gasteiger charge is 2.12. The van der Waals surface area contributed by atoms with Crippen LogP contribution in [0.5, 0.6) is 0 Å². The molecule has 0 saturated carbocycles. The summed E-state index contributed by atoms with van der Waals surface area (Å²) in [6.45, 7) is 0. The molecule has 1 aromatic carbocycles. The molecule has 0 saturated heterocycles. The average Bonchev–Trinajstić information content (AvgIpc) is 3.18. The number of benzene rings is 1. The van der Waals surface area contributed by atoms with Gasteiger partial charge in [-0.2, -0.15) is 0 Å². The molecule has 0 aliphatic rings. The van der Waals surface area contributed by atoms with Crippen LogP contribution >= 0.6 is 34.4 Å². The number of amides is 1. The molecule has 0 spiro atoms. The van der Waals surface area contributed by atoms with E-state index in [0.717, 1.165) is 20.5 Å². The SMILES string of the molecule is CSc1cccc(NC(=O)c2cnc(-c3cccs3)s2)c1. The quantitative estimate of drug-likeness (QED) is 0.695. The molecule has 0 bridgehead atoms. The Hall–Kier alpha value is -1.63. The molecule has 6 heteroatoms. The lowest BCUT2D eigenvalue weighted by molar-refractivity contribution is 0.103. The monoisotopic (exact) mass is 332 g/mol. The van der Waals surface area contributed by atoms with Gasteiger partial charge in [0.2, 0.25) is 0 Å². The summed E-state index contributed by atoms with van der Waals surface area (Å²) in [5, 5.41) is 5.80. The Kier molecular flexibility index (Phi) is 4.38. The number of thioether (sulfide) groups is 1. The fourth-order valence-electron chi connectivity index (χ4n) is 1.79. The van der Waals surface area contributed by atoms with Gasteiger partial charge in [0.25, 0.3) is 5.91 Å². The maximum absolute atomic E-state index is 12.3. The Balaban J connectivity index is 1.76. The summed E-state index contributed by atoms with van der Waals surface area (Å²) >= 11 is 4.68. The van der Waals surface area contributed by atoms with Crippen LogP contribution < -0.4 is 5.32 Å². The van der Waals surface area contributed by atoms with Crippen molar-refractivity contribution in [1.29, 1.82) is 0 Å². The predicted molar refractivity (Wildman–Crippen MR) is 91.6 cm³/mol. The largest absolute Gasteiger partial charge is 0.321 e. The van der Waals surface area contributed by atoms with Gasteiger partial charge < -0.3 is 5.32 Å². The van der Waals surface area contributed by atoms with Crippen LogP contribution in [-0.2, 0) is 0 Å². The molecule has 21 heavy (non-hydrogen) atoms. The molecule has 2 aromatic heterocycles. The standard InChI is InChI=1S/C15H12N2OS3/c1-19-11-5-2-4-10(8-11)17-14(18)13-9-16-15(21-13)12-6-3-7-20-12/h2-9H,1H3,(H,17,18). The molecule has 0 unspecified atom stereocenters. The molecule has 0 radical (unpaired) electrons. The lowest BCUT2D eigenvalue weighted by Crippen LogP contribution is -2.09. The number of hydrogen-bond acceptors (Lipinski definition) is 5. The molecular weight excluding hydrogens is 320 g/mol. The highest BCUT2D eigenvalue weighted by molar-refractivity contribution is 7.98. The van der Waals surface area contributed by atoms with Gasteiger partial charge in [0.15, 0.2) is 0 Å². The van der Waals surface area contributed by atoms with Crippen molar-refractivity contribution in [2.45, 2.75) is 4.90 Å². The molecule has 1 amide bonds. The summed E-state index contributed by atoms with van der Waals surface area (Å²) in [5.74, 6) is -0.117. The van der Waals surface area contributed by atoms with Crippen LogP contribution in [0.2, 0.25) is 0 Å². The summed E-state index contributed by atoms with van der Waals surface area (Å²) in [6.07, 6.45) is 3.64. The fraction of sp³-hybridized carbons (Fsp3) is 0.0667. The summed E-state index contributed by atoms with van der Waals surface area (Å²) in [6, 6.07) is 11.8. The normalized spacial score (nSPS) is 10.5. The van der Waals surface area contributed by atoms with E-state index in [-0.39, 0.29) is 5.91 Å². The maximum atomic E-state index is 12.3. The van der Waals surface area contributed by atoms with Crippen molar-refractivity contribution in [3.05, 3.63) is 52.9 Å². The summed E-state index contributed by atoms with van der Waals surface area (Å²) in [4.78, 5) is 19.4. The Morgan fingerprint density at radius 2 is 2.19 bits per heavy atom. The molecule has 3 aromatic rings. The van der Waals surface area contributed by atoms with Gasteiger partial charge in [0.1, 0.15) is 9.88 Å². The van der Waals surface area contributed by atoms with Gasteiger partial charge >= 0.3 is 0 Å². The van der Waals surface area contributed by atoms with E-state index in [9.17, 15) is 4.79 Å². The number of carbonyl (C=O) groups excluding carboxylic acids is 1. The minimum atomic E-state index is -0.117. The minimum absolute atomic E-state index is 0.117. The topological polar surface area (TPSA) is 42.0 Å². The zero-order valence-corrected chi connectivity index (χ0v) is 13.6. The second-order valence-corrected chi connectivity index (χ2v) is 7.05. The Bertz CT molecular complexity index is 750. The number of anilines is 1. The molecular formula is C15H12N2OS3. The predicted octanol–water partition coefficient (Wildman–Crippen LogP) is 4.85. The Morgan fingerprint density at radius 3 is 2.95 bits per heavy atom. The average molecular weight is 332 g/mol. The first-order valence-electron chi connectivity index (χ1n) is 6.21. The molecule has 1 N–H and O–H groups in total. The number of carbonyl (C=O) groups is 1. The van der Waals surface area contributed by atoms with Crippen LogP contribution in [0.25, 0.3) is 9.88 Å². The Morgan fingerprint density at radius 1 is 1.29 bits per heavy atom. The van der Waals surface area contributed by atoms with E-state index in [4.69, 9.17) is 0 Å². The van der Waals surface area contributed by atoms with Crippen LogP contribution in [0.3, 0.4) is 0 Å². The molecule has 2 heterocycles. The highest BCUT2D eigenvalue weighted by Crippen LogP contribution is 2.29. The lowest BCUT2D eigenvalue weighted by Gasteiger charge is -2.04. The van der Waals surface area contributed by atoms with E-state index in [1.54, 1.807) is 29.3 Å². The van der Waals surface area contributed by atoms with E-state index in [1.165, 1.54) is 11.3 Å². The van der Waals surface area contributed by atoms with Crippen LogP contribution in [0.15, 0.2) is 52.9 Å². The molecule has 0 fully saturated rings. The van der Waals surface area contributed by atoms with Gasteiger partial charge in [0, 0.05) is 10.6 Å². The maximum Gasteiger partial charge on any atom is 0.267 e. The lowest BCUT2D eigenvalue weighted by atomic mass is 10.3. The number of hydrogen-bond donors (Lipinski definition) is 1. The van der Waals surface area contributed by atoms with Crippen LogP contribution in [0.1, 0.15) is 9.67 Å². The number of thiophene rings is 1. The first kappa shape index (κ1) is 14.3. The molecule has 0 atom stereocenters. The Labute approximate surface area is 135 Å². The van der Waals surface area contributed by atoms with Crippen molar-refractivity contribution in [3.63, 3.8) is 0 Å². The number of nitrogens with one attached hydrogen (secondary N) is 1. The van der Waals surface area contributed by atoms with Crippen molar-refractivity contribution in [1.82, 2.24) is 4.98 Å². The molecule has 106 valence electrons. The first-order valence-corrected chi connectivity index (χ1v) is 9.13. The molecule has 3 nitrogen and oxygen atoms in total. The van der Waals surface area contributed by atoms with Gasteiger partial charge in [-0.15, -0.1) is 34.4 Å². The van der Waals surface area contributed by atoms with Crippen molar-refractivity contribution >= 4 is 46.0 Å². The minimum Gasteiger partial charge on any atom is -0.321 e. The van der Waals surface area contributed by atoms with Crippen molar-refractivity contribution < 1.29 is 4.79 Å². The fourth-order valence-corrected chi connectivity index (χ4v) is 3.86. The first-order chi connectivity index (χ1) is 10.3. The van der Waals surface area contributed by atoms with Gasteiger partial charge in [-0.25, -0.2) is 4.98 Å². The van der Waals surface area contributed by atoms with Crippen molar-refractivity contribution in [2.75, 3.05) is 11.6 Å². The third-order valence-electron chi connectivity index (χ3n) is 2.79. The van der Waals surface area contributed by atoms with E-state index >= 15 is 0 Å². The van der Waals surface area contributed by atoms with Crippen LogP contribution in [-0.4, -0.2) is 17.1 Å². The van der Waals surface area contributed by atoms with Crippen molar-refractivity contribution in [2.24, 2.45) is 0 Å². The second kappa shape index (κ2) is 6.43. The van der Waals surface area contributed by atoms with Crippen molar-refractivity contribution in [3.8, 4) is 9.88 Å². The van der Waals surface area contributed by atoms with Gasteiger partial charge in [-0.05, 0) is 35.9 Å². The number of thiazole rings is 1. The third kappa shape index (κ3) is 3.34. The van der Waals surface area contributed by atoms with E-state index in [0.29, 0.717) is 4.88 Å².